The quantitative estimate of drug-likeness (QED) is 0.678. The number of hydrogen-bond acceptors (Lipinski definition) is 3. The maximum absolute atomic E-state index is 13.5. The first-order valence-corrected chi connectivity index (χ1v) is 9.33. The highest BCUT2D eigenvalue weighted by atomic mass is 19.2. The van der Waals surface area contributed by atoms with Gasteiger partial charge in [-0.05, 0) is 50.5 Å². The molecule has 3 rings (SSSR count). The van der Waals surface area contributed by atoms with Gasteiger partial charge in [-0.2, -0.15) is 5.10 Å². The van der Waals surface area contributed by atoms with Crippen LogP contribution in [0.15, 0.2) is 30.5 Å². The van der Waals surface area contributed by atoms with E-state index in [1.165, 1.54) is 6.07 Å². The van der Waals surface area contributed by atoms with Gasteiger partial charge in [0, 0.05) is 11.7 Å². The Bertz CT molecular complexity index is 1030. The highest BCUT2D eigenvalue weighted by Crippen LogP contribution is 2.25. The Labute approximate surface area is 162 Å². The summed E-state index contributed by atoms with van der Waals surface area (Å²) in [6.45, 7) is 9.75. The molecule has 2 heterocycles. The third-order valence-corrected chi connectivity index (χ3v) is 4.70. The molecule has 1 N–H and O–H groups in total. The fourth-order valence-electron chi connectivity index (χ4n) is 3.04. The zero-order chi connectivity index (χ0) is 20.6. The fourth-order valence-corrected chi connectivity index (χ4v) is 3.04. The van der Waals surface area contributed by atoms with Gasteiger partial charge in [-0.1, -0.05) is 19.9 Å². The van der Waals surface area contributed by atoms with Crippen molar-refractivity contribution >= 4 is 16.9 Å². The Balaban J connectivity index is 1.99. The highest BCUT2D eigenvalue weighted by molar-refractivity contribution is 6.05. The number of hydrogen-bond donors (Lipinski definition) is 1. The van der Waals surface area contributed by atoms with Gasteiger partial charge in [0.1, 0.15) is 0 Å². The second-order valence-electron chi connectivity index (χ2n) is 7.54. The molecule has 2 aromatic heterocycles. The van der Waals surface area contributed by atoms with E-state index in [0.717, 1.165) is 17.8 Å². The molecule has 0 saturated carbocycles. The van der Waals surface area contributed by atoms with Crippen molar-refractivity contribution in [1.82, 2.24) is 20.1 Å². The van der Waals surface area contributed by atoms with Crippen molar-refractivity contribution in [3.8, 4) is 0 Å². The van der Waals surface area contributed by atoms with Crippen molar-refractivity contribution in [2.24, 2.45) is 0 Å². The minimum Gasteiger partial charge on any atom is -0.345 e. The third-order valence-electron chi connectivity index (χ3n) is 4.70. The minimum absolute atomic E-state index is 0.101. The van der Waals surface area contributed by atoms with E-state index in [9.17, 15) is 13.6 Å². The van der Waals surface area contributed by atoms with Crippen molar-refractivity contribution in [3.63, 3.8) is 0 Å². The van der Waals surface area contributed by atoms with E-state index >= 15 is 0 Å². The van der Waals surface area contributed by atoms with E-state index in [-0.39, 0.29) is 17.9 Å². The Morgan fingerprint density at radius 3 is 2.39 bits per heavy atom. The Hall–Kier alpha value is -2.83. The van der Waals surface area contributed by atoms with Gasteiger partial charge in [0.2, 0.25) is 0 Å². The molecule has 0 aliphatic heterocycles. The lowest BCUT2D eigenvalue weighted by Crippen LogP contribution is -2.27. The van der Waals surface area contributed by atoms with Crippen LogP contribution in [-0.2, 0) is 0 Å². The summed E-state index contributed by atoms with van der Waals surface area (Å²) in [7, 11) is 0. The molecule has 1 amide bonds. The largest absolute Gasteiger partial charge is 0.345 e. The zero-order valence-corrected chi connectivity index (χ0v) is 16.6. The van der Waals surface area contributed by atoms with Gasteiger partial charge in [0.25, 0.3) is 5.91 Å². The molecule has 3 aromatic rings. The van der Waals surface area contributed by atoms with Crippen LogP contribution in [0.2, 0.25) is 0 Å². The first-order valence-electron chi connectivity index (χ1n) is 9.33. The lowest BCUT2D eigenvalue weighted by molar-refractivity contribution is 0.0941. The van der Waals surface area contributed by atoms with Gasteiger partial charge >= 0.3 is 0 Å². The van der Waals surface area contributed by atoms with Crippen molar-refractivity contribution in [2.75, 3.05) is 0 Å². The average molecular weight is 386 g/mol. The van der Waals surface area contributed by atoms with E-state index in [2.05, 4.69) is 15.4 Å². The number of rotatable bonds is 5. The van der Waals surface area contributed by atoms with Crippen LogP contribution in [-0.4, -0.2) is 20.7 Å². The molecule has 0 aliphatic rings. The number of benzene rings is 1. The SMILES string of the molecule is CC(C)c1cc(C(=O)NC(C)c2ccc(F)c(F)c2)c2cnn(C(C)C)c2n1. The lowest BCUT2D eigenvalue weighted by atomic mass is 10.0. The van der Waals surface area contributed by atoms with Crippen LogP contribution in [0.5, 0.6) is 0 Å². The van der Waals surface area contributed by atoms with Crippen molar-refractivity contribution in [1.29, 1.82) is 0 Å². The van der Waals surface area contributed by atoms with Gasteiger partial charge in [0.15, 0.2) is 17.3 Å². The number of fused-ring (bicyclic) bond motifs is 1. The van der Waals surface area contributed by atoms with Gasteiger partial charge in [0.05, 0.1) is 23.2 Å². The molecule has 0 spiro atoms. The summed E-state index contributed by atoms with van der Waals surface area (Å²) in [4.78, 5) is 17.7. The number of halogens is 2. The fraction of sp³-hybridized carbons (Fsp3) is 0.381. The van der Waals surface area contributed by atoms with Crippen LogP contribution in [0.4, 0.5) is 8.78 Å². The maximum atomic E-state index is 13.5. The first-order chi connectivity index (χ1) is 13.2. The number of carbonyl (C=O) groups is 1. The van der Waals surface area contributed by atoms with E-state index in [1.807, 2.05) is 27.7 Å². The molecule has 7 heteroatoms. The van der Waals surface area contributed by atoms with E-state index in [0.29, 0.717) is 22.2 Å². The number of nitrogens with one attached hydrogen (secondary N) is 1. The monoisotopic (exact) mass is 386 g/mol. The molecule has 0 saturated heterocycles. The van der Waals surface area contributed by atoms with Crippen LogP contribution in [0.25, 0.3) is 11.0 Å². The minimum atomic E-state index is -0.940. The predicted octanol–water partition coefficient (Wildman–Crippen LogP) is 4.90. The molecule has 148 valence electrons. The molecule has 1 unspecified atom stereocenters. The third kappa shape index (κ3) is 3.74. The topological polar surface area (TPSA) is 59.8 Å². The molecule has 28 heavy (non-hydrogen) atoms. The second-order valence-corrected chi connectivity index (χ2v) is 7.54. The summed E-state index contributed by atoms with van der Waals surface area (Å²) < 4.78 is 28.5. The summed E-state index contributed by atoms with van der Waals surface area (Å²) in [6, 6.07) is 4.99. The van der Waals surface area contributed by atoms with Crippen LogP contribution in [0, 0.1) is 11.6 Å². The lowest BCUT2D eigenvalue weighted by Gasteiger charge is -2.16. The smallest absolute Gasteiger partial charge is 0.252 e. The summed E-state index contributed by atoms with van der Waals surface area (Å²) in [6.07, 6.45) is 1.64. The summed E-state index contributed by atoms with van der Waals surface area (Å²) in [5, 5.41) is 7.90. The van der Waals surface area contributed by atoms with E-state index in [4.69, 9.17) is 0 Å². The maximum Gasteiger partial charge on any atom is 0.252 e. The molecule has 5 nitrogen and oxygen atoms in total. The predicted molar refractivity (Wildman–Crippen MR) is 104 cm³/mol. The van der Waals surface area contributed by atoms with Gasteiger partial charge in [-0.25, -0.2) is 18.4 Å². The molecular weight excluding hydrogens is 362 g/mol. The normalized spacial score (nSPS) is 12.8. The van der Waals surface area contributed by atoms with Crippen molar-refractivity contribution in [3.05, 3.63) is 58.9 Å². The molecule has 1 aromatic carbocycles. The Kier molecular flexibility index (Phi) is 5.45. The molecule has 0 radical (unpaired) electrons. The molecular formula is C21H24F2N4O. The first kappa shape index (κ1) is 19.9. The molecule has 0 aliphatic carbocycles. The second kappa shape index (κ2) is 7.66. The molecule has 1 atom stereocenters. The summed E-state index contributed by atoms with van der Waals surface area (Å²) in [5.74, 6) is -2.03. The van der Waals surface area contributed by atoms with Crippen LogP contribution >= 0.6 is 0 Å². The highest BCUT2D eigenvalue weighted by Gasteiger charge is 2.20. The number of amides is 1. The summed E-state index contributed by atoms with van der Waals surface area (Å²) >= 11 is 0. The Morgan fingerprint density at radius 2 is 1.79 bits per heavy atom. The zero-order valence-electron chi connectivity index (χ0n) is 16.6. The standard InChI is InChI=1S/C21H24F2N4O/c1-11(2)19-9-15(16-10-24-27(12(3)4)20(16)26-19)21(28)25-13(5)14-6-7-17(22)18(23)8-14/h6-13H,1-5H3,(H,25,28). The number of pyridine rings is 1. The number of aromatic nitrogens is 3. The van der Waals surface area contributed by atoms with Gasteiger partial charge in [-0.3, -0.25) is 4.79 Å². The van der Waals surface area contributed by atoms with E-state index in [1.54, 1.807) is 23.9 Å². The summed E-state index contributed by atoms with van der Waals surface area (Å²) in [5.41, 5.74) is 2.40. The molecule has 0 bridgehead atoms. The van der Waals surface area contributed by atoms with Crippen LogP contribution < -0.4 is 5.32 Å². The van der Waals surface area contributed by atoms with Gasteiger partial charge in [-0.15, -0.1) is 0 Å². The number of carbonyl (C=O) groups excluding carboxylic acids is 1. The van der Waals surface area contributed by atoms with Gasteiger partial charge < -0.3 is 5.32 Å². The van der Waals surface area contributed by atoms with E-state index < -0.39 is 17.7 Å². The van der Waals surface area contributed by atoms with Crippen LogP contribution in [0.3, 0.4) is 0 Å². The van der Waals surface area contributed by atoms with Crippen LogP contribution in [0.1, 0.15) is 74.2 Å². The average Bonchev–Trinajstić information content (AvgIpc) is 3.07. The number of nitrogens with zero attached hydrogens (tertiary/aromatic N) is 3. The van der Waals surface area contributed by atoms with Crippen molar-refractivity contribution in [2.45, 2.75) is 52.6 Å². The van der Waals surface area contributed by atoms with Crippen molar-refractivity contribution < 1.29 is 13.6 Å². The Morgan fingerprint density at radius 1 is 1.07 bits per heavy atom. The molecule has 0 fully saturated rings.